The molecular formula is C18H32O2. The maximum atomic E-state index is 10.3. The summed E-state index contributed by atoms with van der Waals surface area (Å²) in [7, 11) is 0. The van der Waals surface area contributed by atoms with Gasteiger partial charge in [0.25, 0.3) is 0 Å². The van der Waals surface area contributed by atoms with Crippen molar-refractivity contribution in [1.82, 2.24) is 0 Å². The Labute approximate surface area is 125 Å². The summed E-state index contributed by atoms with van der Waals surface area (Å²) in [6, 6.07) is 0. The number of unbranched alkanes of at least 4 members (excludes halogenated alkanes) is 8. The van der Waals surface area contributed by atoms with E-state index in [2.05, 4.69) is 31.2 Å². The van der Waals surface area contributed by atoms with Crippen LogP contribution < -0.4 is 0 Å². The first-order valence-electron chi connectivity index (χ1n) is 8.29. The van der Waals surface area contributed by atoms with E-state index in [1.807, 2.05) is 0 Å². The molecule has 1 N–H and O–H groups in total. The highest BCUT2D eigenvalue weighted by Gasteiger charge is 1.95. The van der Waals surface area contributed by atoms with Gasteiger partial charge in [0.2, 0.25) is 0 Å². The zero-order chi connectivity index (χ0) is 14.9. The minimum absolute atomic E-state index is 0.323. The molecule has 0 aliphatic carbocycles. The summed E-state index contributed by atoms with van der Waals surface area (Å²) in [6.07, 6.45) is 22.3. The predicted molar refractivity (Wildman–Crippen MR) is 87.0 cm³/mol. The molecule has 0 rings (SSSR count). The van der Waals surface area contributed by atoms with Crippen molar-refractivity contribution >= 4 is 5.97 Å². The summed E-state index contributed by atoms with van der Waals surface area (Å²) in [5.41, 5.74) is 0. The third-order valence-electron chi connectivity index (χ3n) is 3.32. The van der Waals surface area contributed by atoms with Gasteiger partial charge < -0.3 is 5.11 Å². The van der Waals surface area contributed by atoms with Crippen LogP contribution in [0.25, 0.3) is 0 Å². The van der Waals surface area contributed by atoms with Crippen LogP contribution in [0.3, 0.4) is 0 Å². The van der Waals surface area contributed by atoms with Gasteiger partial charge >= 0.3 is 5.97 Å². The van der Waals surface area contributed by atoms with E-state index < -0.39 is 5.97 Å². The average Bonchev–Trinajstić information content (AvgIpc) is 2.43. The second kappa shape index (κ2) is 16.0. The van der Waals surface area contributed by atoms with Gasteiger partial charge in [0.15, 0.2) is 0 Å². The third-order valence-corrected chi connectivity index (χ3v) is 3.32. The third kappa shape index (κ3) is 16.9. The second-order valence-electron chi connectivity index (χ2n) is 5.34. The SMILES string of the molecule is CCC=CCCCCCC=CCCCCCCC(=O)O. The number of aliphatic carboxylic acids is 1. The number of carboxylic acid groups (broad SMARTS) is 1. The first-order valence-corrected chi connectivity index (χ1v) is 8.29. The molecule has 0 aromatic carbocycles. The zero-order valence-corrected chi connectivity index (χ0v) is 13.2. The molecule has 0 unspecified atom stereocenters. The largest absolute Gasteiger partial charge is 0.481 e. The van der Waals surface area contributed by atoms with Crippen molar-refractivity contribution in [2.75, 3.05) is 0 Å². The van der Waals surface area contributed by atoms with Crippen LogP contribution in [-0.4, -0.2) is 11.1 Å². The van der Waals surface area contributed by atoms with Crippen LogP contribution in [-0.2, 0) is 4.79 Å². The number of allylic oxidation sites excluding steroid dienone is 4. The highest BCUT2D eigenvalue weighted by atomic mass is 16.4. The van der Waals surface area contributed by atoms with Gasteiger partial charge in [-0.05, 0) is 51.4 Å². The van der Waals surface area contributed by atoms with Gasteiger partial charge in [0, 0.05) is 6.42 Å². The van der Waals surface area contributed by atoms with E-state index in [4.69, 9.17) is 5.11 Å². The lowest BCUT2D eigenvalue weighted by molar-refractivity contribution is -0.137. The van der Waals surface area contributed by atoms with E-state index in [9.17, 15) is 4.79 Å². The van der Waals surface area contributed by atoms with Gasteiger partial charge in [-0.2, -0.15) is 0 Å². The van der Waals surface area contributed by atoms with E-state index >= 15 is 0 Å². The zero-order valence-electron chi connectivity index (χ0n) is 13.2. The van der Waals surface area contributed by atoms with E-state index in [1.165, 1.54) is 38.5 Å². The van der Waals surface area contributed by atoms with Crippen LogP contribution >= 0.6 is 0 Å². The van der Waals surface area contributed by atoms with Gasteiger partial charge in [0.05, 0.1) is 0 Å². The van der Waals surface area contributed by atoms with Crippen molar-refractivity contribution in [2.45, 2.75) is 84.0 Å². The Kier molecular flexibility index (Phi) is 15.2. The maximum absolute atomic E-state index is 10.3. The van der Waals surface area contributed by atoms with Crippen LogP contribution in [0.5, 0.6) is 0 Å². The normalized spacial score (nSPS) is 11.7. The maximum Gasteiger partial charge on any atom is 0.303 e. The molecule has 2 nitrogen and oxygen atoms in total. The van der Waals surface area contributed by atoms with Crippen LogP contribution in [0, 0.1) is 0 Å². The minimum atomic E-state index is -0.671. The molecule has 0 saturated carbocycles. The predicted octanol–water partition coefficient (Wildman–Crippen LogP) is 5.88. The van der Waals surface area contributed by atoms with Crippen molar-refractivity contribution in [1.29, 1.82) is 0 Å². The molecule has 0 aromatic rings. The fourth-order valence-electron chi connectivity index (χ4n) is 2.11. The molecule has 0 heterocycles. The first kappa shape index (κ1) is 18.9. The lowest BCUT2D eigenvalue weighted by Gasteiger charge is -1.97. The quantitative estimate of drug-likeness (QED) is 0.318. The smallest absolute Gasteiger partial charge is 0.303 e. The molecule has 0 bridgehead atoms. The molecule has 0 amide bonds. The molecule has 0 fully saturated rings. The minimum Gasteiger partial charge on any atom is -0.481 e. The summed E-state index contributed by atoms with van der Waals surface area (Å²) in [5.74, 6) is -0.671. The van der Waals surface area contributed by atoms with E-state index in [0.717, 1.165) is 32.1 Å². The Morgan fingerprint density at radius 1 is 0.750 bits per heavy atom. The average molecular weight is 280 g/mol. The van der Waals surface area contributed by atoms with Gasteiger partial charge in [0.1, 0.15) is 0 Å². The molecule has 0 radical (unpaired) electrons. The van der Waals surface area contributed by atoms with Crippen molar-refractivity contribution < 1.29 is 9.90 Å². The Morgan fingerprint density at radius 3 is 1.70 bits per heavy atom. The summed E-state index contributed by atoms with van der Waals surface area (Å²) >= 11 is 0. The lowest BCUT2D eigenvalue weighted by Crippen LogP contribution is -1.93. The van der Waals surface area contributed by atoms with Crippen LogP contribution in [0.2, 0.25) is 0 Å². The Bertz CT molecular complexity index is 267. The standard InChI is InChI=1S/C18H32O2/c1-2-3-4-5-6-7-8-9-10-11-12-13-14-15-16-17-18(19)20/h3-4,10-11H,2,5-9,12-17H2,1H3,(H,19,20). The summed E-state index contributed by atoms with van der Waals surface area (Å²) < 4.78 is 0. The fourth-order valence-corrected chi connectivity index (χ4v) is 2.11. The van der Waals surface area contributed by atoms with Crippen LogP contribution in [0.1, 0.15) is 84.0 Å². The molecule has 0 atom stereocenters. The number of hydrogen-bond acceptors (Lipinski definition) is 1. The lowest BCUT2D eigenvalue weighted by atomic mass is 10.1. The van der Waals surface area contributed by atoms with Crippen LogP contribution in [0.4, 0.5) is 0 Å². The Balaban J connectivity index is 3.12. The van der Waals surface area contributed by atoms with Gasteiger partial charge in [-0.15, -0.1) is 0 Å². The summed E-state index contributed by atoms with van der Waals surface area (Å²) in [5, 5.41) is 8.50. The van der Waals surface area contributed by atoms with Gasteiger partial charge in [-0.25, -0.2) is 0 Å². The van der Waals surface area contributed by atoms with Crippen molar-refractivity contribution in [2.24, 2.45) is 0 Å². The molecule has 0 spiro atoms. The second-order valence-corrected chi connectivity index (χ2v) is 5.34. The molecular weight excluding hydrogens is 248 g/mol. The van der Waals surface area contributed by atoms with Crippen molar-refractivity contribution in [3.63, 3.8) is 0 Å². The molecule has 20 heavy (non-hydrogen) atoms. The molecule has 2 heteroatoms. The highest BCUT2D eigenvalue weighted by Crippen LogP contribution is 2.08. The monoisotopic (exact) mass is 280 g/mol. The van der Waals surface area contributed by atoms with Gasteiger partial charge in [-0.1, -0.05) is 50.5 Å². The molecule has 0 aliphatic heterocycles. The summed E-state index contributed by atoms with van der Waals surface area (Å²) in [6.45, 7) is 2.17. The van der Waals surface area contributed by atoms with E-state index in [1.54, 1.807) is 0 Å². The number of hydrogen-bond donors (Lipinski definition) is 1. The van der Waals surface area contributed by atoms with Crippen molar-refractivity contribution in [3.8, 4) is 0 Å². The molecule has 0 aliphatic rings. The fraction of sp³-hybridized carbons (Fsp3) is 0.722. The molecule has 0 aromatic heterocycles. The first-order chi connectivity index (χ1) is 9.77. The molecule has 116 valence electrons. The number of carboxylic acids is 1. The summed E-state index contributed by atoms with van der Waals surface area (Å²) in [4.78, 5) is 10.3. The number of rotatable bonds is 14. The Hall–Kier alpha value is -1.05. The van der Waals surface area contributed by atoms with E-state index in [-0.39, 0.29) is 0 Å². The van der Waals surface area contributed by atoms with Crippen molar-refractivity contribution in [3.05, 3.63) is 24.3 Å². The molecule has 0 saturated heterocycles. The Morgan fingerprint density at radius 2 is 1.20 bits per heavy atom. The topological polar surface area (TPSA) is 37.3 Å². The van der Waals surface area contributed by atoms with Crippen LogP contribution in [0.15, 0.2) is 24.3 Å². The highest BCUT2D eigenvalue weighted by molar-refractivity contribution is 5.66. The van der Waals surface area contributed by atoms with E-state index in [0.29, 0.717) is 6.42 Å². The number of carbonyl (C=O) groups is 1. The van der Waals surface area contributed by atoms with Gasteiger partial charge in [-0.3, -0.25) is 4.79 Å².